The predicted molar refractivity (Wildman–Crippen MR) is 69.8 cm³/mol. The van der Waals surface area contributed by atoms with E-state index in [1.165, 1.54) is 0 Å². The number of hydrogen-bond acceptors (Lipinski definition) is 2. The number of alkyl halides is 1. The monoisotopic (exact) mass is 249 g/mol. The van der Waals surface area contributed by atoms with Crippen molar-refractivity contribution < 1.29 is 9.53 Å². The van der Waals surface area contributed by atoms with Crippen LogP contribution in [-0.4, -0.2) is 18.9 Å². The fourth-order valence-corrected chi connectivity index (χ4v) is 1.74. The highest BCUT2D eigenvalue weighted by Crippen LogP contribution is 2.30. The van der Waals surface area contributed by atoms with Gasteiger partial charge in [-0.15, -0.1) is 11.6 Å². The summed E-state index contributed by atoms with van der Waals surface area (Å²) in [4.78, 5) is 11.3. The third kappa shape index (κ3) is 2.50. The Morgan fingerprint density at radius 1 is 1.29 bits per heavy atom. The van der Waals surface area contributed by atoms with E-state index in [2.05, 4.69) is 5.32 Å². The first kappa shape index (κ1) is 11.7. The number of amides is 1. The number of hydrogen-bond donors (Lipinski definition) is 1. The number of rotatable bonds is 3. The van der Waals surface area contributed by atoms with Gasteiger partial charge in [-0.2, -0.15) is 0 Å². The van der Waals surface area contributed by atoms with Crippen LogP contribution in [0.1, 0.15) is 0 Å². The molecule has 1 N–H and O–H groups in total. The number of anilines is 1. The molecule has 0 aliphatic carbocycles. The molecule has 0 unspecified atom stereocenters. The molecule has 0 aromatic heterocycles. The van der Waals surface area contributed by atoms with E-state index in [4.69, 9.17) is 16.3 Å². The second-order valence-electron chi connectivity index (χ2n) is 3.58. The lowest BCUT2D eigenvalue weighted by Crippen LogP contribution is -2.13. The zero-order chi connectivity index (χ0) is 12.3. The van der Waals surface area contributed by atoms with E-state index in [0.717, 1.165) is 10.8 Å². The molecule has 0 aliphatic rings. The summed E-state index contributed by atoms with van der Waals surface area (Å²) in [5.41, 5.74) is 0.636. The molecule has 0 spiro atoms. The van der Waals surface area contributed by atoms with Gasteiger partial charge in [0.15, 0.2) is 0 Å². The van der Waals surface area contributed by atoms with Crippen molar-refractivity contribution in [2.24, 2.45) is 0 Å². The standard InChI is InChI=1S/C13H12ClNO2/c1-17-12-7-10-5-3-2-4-9(10)6-11(12)15-13(16)8-14/h2-7H,8H2,1H3,(H,15,16). The van der Waals surface area contributed by atoms with E-state index in [0.29, 0.717) is 11.4 Å². The van der Waals surface area contributed by atoms with Crippen LogP contribution >= 0.6 is 11.6 Å². The molecule has 0 saturated carbocycles. The average Bonchev–Trinajstić information content (AvgIpc) is 2.37. The van der Waals surface area contributed by atoms with Crippen LogP contribution in [-0.2, 0) is 4.79 Å². The molecule has 0 heterocycles. The van der Waals surface area contributed by atoms with Gasteiger partial charge in [-0.3, -0.25) is 4.79 Å². The molecule has 0 fully saturated rings. The van der Waals surface area contributed by atoms with Crippen LogP contribution in [0.5, 0.6) is 5.75 Å². The summed E-state index contributed by atoms with van der Waals surface area (Å²) in [6.45, 7) is 0. The molecule has 3 nitrogen and oxygen atoms in total. The molecule has 2 aromatic rings. The number of carbonyl (C=O) groups is 1. The van der Waals surface area contributed by atoms with Gasteiger partial charge in [0.05, 0.1) is 12.8 Å². The number of fused-ring (bicyclic) bond motifs is 1. The minimum absolute atomic E-state index is 0.0734. The Kier molecular flexibility index (Phi) is 3.49. The first-order chi connectivity index (χ1) is 8.24. The van der Waals surface area contributed by atoms with Crippen molar-refractivity contribution in [3.63, 3.8) is 0 Å². The summed E-state index contributed by atoms with van der Waals surface area (Å²) in [5, 5.41) is 4.81. The van der Waals surface area contributed by atoms with Crippen LogP contribution < -0.4 is 10.1 Å². The van der Waals surface area contributed by atoms with Gasteiger partial charge in [-0.1, -0.05) is 24.3 Å². The number of ether oxygens (including phenoxy) is 1. The molecule has 88 valence electrons. The summed E-state index contributed by atoms with van der Waals surface area (Å²) in [6, 6.07) is 11.6. The van der Waals surface area contributed by atoms with Gasteiger partial charge >= 0.3 is 0 Å². The van der Waals surface area contributed by atoms with Crippen LogP contribution in [0.2, 0.25) is 0 Å². The highest BCUT2D eigenvalue weighted by molar-refractivity contribution is 6.29. The van der Waals surface area contributed by atoms with Gasteiger partial charge in [-0.25, -0.2) is 0 Å². The van der Waals surface area contributed by atoms with Crippen LogP contribution in [0.15, 0.2) is 36.4 Å². The second-order valence-corrected chi connectivity index (χ2v) is 3.85. The number of methoxy groups -OCH3 is 1. The summed E-state index contributed by atoms with van der Waals surface area (Å²) in [7, 11) is 1.57. The molecule has 0 aliphatic heterocycles. The van der Waals surface area contributed by atoms with Gasteiger partial charge in [0.25, 0.3) is 0 Å². The Morgan fingerprint density at radius 3 is 2.53 bits per heavy atom. The third-order valence-electron chi connectivity index (χ3n) is 2.46. The summed E-state index contributed by atoms with van der Waals surface area (Å²) in [5.74, 6) is 0.304. The van der Waals surface area contributed by atoms with Gasteiger partial charge < -0.3 is 10.1 Å². The second kappa shape index (κ2) is 5.06. The van der Waals surface area contributed by atoms with Gasteiger partial charge in [0.2, 0.25) is 5.91 Å². The van der Waals surface area contributed by atoms with E-state index >= 15 is 0 Å². The molecule has 0 saturated heterocycles. The van der Waals surface area contributed by atoms with E-state index < -0.39 is 0 Å². The number of carbonyl (C=O) groups excluding carboxylic acids is 1. The maximum atomic E-state index is 11.3. The zero-order valence-corrected chi connectivity index (χ0v) is 10.1. The van der Waals surface area contributed by atoms with Crippen LogP contribution in [0.3, 0.4) is 0 Å². The molecule has 4 heteroatoms. The molecule has 0 atom stereocenters. The highest BCUT2D eigenvalue weighted by atomic mass is 35.5. The lowest BCUT2D eigenvalue weighted by molar-refractivity contribution is -0.113. The van der Waals surface area contributed by atoms with Crippen LogP contribution in [0.4, 0.5) is 5.69 Å². The predicted octanol–water partition coefficient (Wildman–Crippen LogP) is 3.03. The smallest absolute Gasteiger partial charge is 0.239 e. The third-order valence-corrected chi connectivity index (χ3v) is 2.71. The molecule has 2 rings (SSSR count). The molecular formula is C13H12ClNO2. The highest BCUT2D eigenvalue weighted by Gasteiger charge is 2.08. The van der Waals surface area contributed by atoms with Crippen molar-refractivity contribution >= 4 is 34.0 Å². The fourth-order valence-electron chi connectivity index (χ4n) is 1.67. The quantitative estimate of drug-likeness (QED) is 0.850. The zero-order valence-electron chi connectivity index (χ0n) is 9.37. The average molecular weight is 250 g/mol. The van der Waals surface area contributed by atoms with E-state index in [1.54, 1.807) is 7.11 Å². The maximum absolute atomic E-state index is 11.3. The molecule has 2 aromatic carbocycles. The Morgan fingerprint density at radius 2 is 1.94 bits per heavy atom. The Bertz CT molecular complexity index is 554. The molecule has 1 amide bonds. The maximum Gasteiger partial charge on any atom is 0.239 e. The van der Waals surface area contributed by atoms with Crippen LogP contribution in [0.25, 0.3) is 10.8 Å². The van der Waals surface area contributed by atoms with Crippen molar-refractivity contribution in [2.45, 2.75) is 0 Å². The Balaban J connectivity index is 2.49. The summed E-state index contributed by atoms with van der Waals surface area (Å²) < 4.78 is 5.24. The van der Waals surface area contributed by atoms with Gasteiger partial charge in [0.1, 0.15) is 11.6 Å². The molecule has 0 radical (unpaired) electrons. The molecule has 0 bridgehead atoms. The molecule has 17 heavy (non-hydrogen) atoms. The fraction of sp³-hybridized carbons (Fsp3) is 0.154. The normalized spacial score (nSPS) is 10.2. The number of benzene rings is 2. The minimum atomic E-state index is -0.250. The SMILES string of the molecule is COc1cc2ccccc2cc1NC(=O)CCl. The number of nitrogens with one attached hydrogen (secondary N) is 1. The van der Waals surface area contributed by atoms with Crippen LogP contribution in [0, 0.1) is 0 Å². The van der Waals surface area contributed by atoms with E-state index in [-0.39, 0.29) is 11.8 Å². The first-order valence-electron chi connectivity index (χ1n) is 5.17. The Hall–Kier alpha value is -1.74. The van der Waals surface area contributed by atoms with E-state index in [9.17, 15) is 4.79 Å². The van der Waals surface area contributed by atoms with Crippen molar-refractivity contribution in [3.8, 4) is 5.75 Å². The van der Waals surface area contributed by atoms with Crippen molar-refractivity contribution in [3.05, 3.63) is 36.4 Å². The van der Waals surface area contributed by atoms with Gasteiger partial charge in [0, 0.05) is 0 Å². The lowest BCUT2D eigenvalue weighted by atomic mass is 10.1. The topological polar surface area (TPSA) is 38.3 Å². The van der Waals surface area contributed by atoms with Gasteiger partial charge in [-0.05, 0) is 22.9 Å². The van der Waals surface area contributed by atoms with Crippen molar-refractivity contribution in [1.82, 2.24) is 0 Å². The minimum Gasteiger partial charge on any atom is -0.495 e. The summed E-state index contributed by atoms with van der Waals surface area (Å²) in [6.07, 6.45) is 0. The molecular weight excluding hydrogens is 238 g/mol. The first-order valence-corrected chi connectivity index (χ1v) is 5.70. The lowest BCUT2D eigenvalue weighted by Gasteiger charge is -2.10. The van der Waals surface area contributed by atoms with Crippen molar-refractivity contribution in [2.75, 3.05) is 18.3 Å². The number of halogens is 1. The van der Waals surface area contributed by atoms with E-state index in [1.807, 2.05) is 36.4 Å². The van der Waals surface area contributed by atoms with Crippen molar-refractivity contribution in [1.29, 1.82) is 0 Å². The summed E-state index contributed by atoms with van der Waals surface area (Å²) >= 11 is 5.46. The Labute approximate surface area is 104 Å². The largest absolute Gasteiger partial charge is 0.495 e.